The van der Waals surface area contributed by atoms with E-state index in [1.165, 1.54) is 0 Å². The number of hydrogen-bond donors (Lipinski definition) is 1. The van der Waals surface area contributed by atoms with Crippen molar-refractivity contribution in [3.8, 4) is 11.5 Å². The summed E-state index contributed by atoms with van der Waals surface area (Å²) in [6, 6.07) is 11.3. The van der Waals surface area contributed by atoms with Crippen molar-refractivity contribution in [2.45, 2.75) is 26.7 Å². The lowest BCUT2D eigenvalue weighted by atomic mass is 10.1. The summed E-state index contributed by atoms with van der Waals surface area (Å²) < 4.78 is 15.5. The maximum atomic E-state index is 12.0. The number of ether oxygens (including phenoxy) is 3. The fraction of sp³-hybridized carbons (Fsp3) is 0.333. The van der Waals surface area contributed by atoms with Crippen molar-refractivity contribution < 1.29 is 23.8 Å². The van der Waals surface area contributed by atoms with Crippen molar-refractivity contribution in [1.82, 2.24) is 0 Å². The highest BCUT2D eigenvalue weighted by Crippen LogP contribution is 2.28. The van der Waals surface area contributed by atoms with Gasteiger partial charge < -0.3 is 19.5 Å². The number of hydrogen-bond acceptors (Lipinski definition) is 5. The maximum absolute atomic E-state index is 12.0. The molecule has 0 radical (unpaired) electrons. The lowest BCUT2D eigenvalue weighted by molar-refractivity contribution is -0.147. The van der Waals surface area contributed by atoms with E-state index >= 15 is 0 Å². The van der Waals surface area contributed by atoms with E-state index in [9.17, 15) is 9.59 Å². The summed E-state index contributed by atoms with van der Waals surface area (Å²) in [5, 5.41) is 2.76. The van der Waals surface area contributed by atoms with Gasteiger partial charge in [0.05, 0.1) is 14.2 Å². The molecule has 6 heteroatoms. The molecule has 2 aromatic carbocycles. The van der Waals surface area contributed by atoms with Crippen molar-refractivity contribution >= 4 is 17.6 Å². The quantitative estimate of drug-likeness (QED) is 0.720. The number of rotatable bonds is 8. The Morgan fingerprint density at radius 3 is 2.41 bits per heavy atom. The lowest BCUT2D eigenvalue weighted by Crippen LogP contribution is -2.21. The molecule has 2 rings (SSSR count). The number of aryl methyl sites for hydroxylation is 3. The van der Waals surface area contributed by atoms with Gasteiger partial charge in [0.15, 0.2) is 18.1 Å². The zero-order valence-corrected chi connectivity index (χ0v) is 16.1. The molecule has 27 heavy (non-hydrogen) atoms. The number of esters is 1. The second-order valence-corrected chi connectivity index (χ2v) is 6.22. The molecule has 1 N–H and O–H groups in total. The fourth-order valence-electron chi connectivity index (χ4n) is 2.56. The van der Waals surface area contributed by atoms with Crippen LogP contribution in [0.3, 0.4) is 0 Å². The average Bonchev–Trinajstić information content (AvgIpc) is 2.67. The van der Waals surface area contributed by atoms with Gasteiger partial charge in [-0.15, -0.1) is 0 Å². The van der Waals surface area contributed by atoms with Crippen LogP contribution in [0.2, 0.25) is 0 Å². The molecule has 144 valence electrons. The third kappa shape index (κ3) is 6.02. The van der Waals surface area contributed by atoms with E-state index in [1.807, 2.05) is 44.2 Å². The second kappa shape index (κ2) is 9.62. The highest BCUT2D eigenvalue weighted by atomic mass is 16.5. The van der Waals surface area contributed by atoms with Gasteiger partial charge in [-0.2, -0.15) is 0 Å². The number of amides is 1. The third-order valence-electron chi connectivity index (χ3n) is 4.10. The minimum Gasteiger partial charge on any atom is -0.493 e. The first-order valence-electron chi connectivity index (χ1n) is 8.66. The van der Waals surface area contributed by atoms with Crippen LogP contribution in [-0.2, 0) is 20.7 Å². The summed E-state index contributed by atoms with van der Waals surface area (Å²) in [5.41, 5.74) is 3.64. The number of nitrogens with one attached hydrogen (secondary N) is 1. The smallest absolute Gasteiger partial charge is 0.306 e. The number of methoxy groups -OCH3 is 2. The Hall–Kier alpha value is -3.02. The highest BCUT2D eigenvalue weighted by Gasteiger charge is 2.11. The van der Waals surface area contributed by atoms with Gasteiger partial charge in [0.25, 0.3) is 5.91 Å². The molecule has 1 amide bonds. The van der Waals surface area contributed by atoms with E-state index in [4.69, 9.17) is 14.2 Å². The molecule has 0 spiro atoms. The normalized spacial score (nSPS) is 10.2. The summed E-state index contributed by atoms with van der Waals surface area (Å²) in [4.78, 5) is 23.9. The molecule has 0 saturated heterocycles. The summed E-state index contributed by atoms with van der Waals surface area (Å²) in [7, 11) is 3.13. The first kappa shape index (κ1) is 20.3. The number of benzene rings is 2. The van der Waals surface area contributed by atoms with Crippen LogP contribution in [0.25, 0.3) is 0 Å². The average molecular weight is 371 g/mol. The minimum atomic E-state index is -0.430. The molecule has 0 saturated carbocycles. The molecule has 0 atom stereocenters. The van der Waals surface area contributed by atoms with E-state index in [1.54, 1.807) is 20.3 Å². The molecule has 0 heterocycles. The summed E-state index contributed by atoms with van der Waals surface area (Å²) in [6.07, 6.45) is 0.657. The van der Waals surface area contributed by atoms with E-state index in [0.29, 0.717) is 17.9 Å². The summed E-state index contributed by atoms with van der Waals surface area (Å²) in [5.74, 6) is 0.451. The van der Waals surface area contributed by atoms with Crippen molar-refractivity contribution in [1.29, 1.82) is 0 Å². The molecule has 0 bridgehead atoms. The van der Waals surface area contributed by atoms with E-state index in [-0.39, 0.29) is 18.9 Å². The summed E-state index contributed by atoms with van der Waals surface area (Å²) >= 11 is 0. The van der Waals surface area contributed by atoms with Crippen LogP contribution >= 0.6 is 0 Å². The molecule has 0 aliphatic carbocycles. The van der Waals surface area contributed by atoms with Crippen LogP contribution in [0.4, 0.5) is 5.69 Å². The van der Waals surface area contributed by atoms with Crippen LogP contribution in [0, 0.1) is 13.8 Å². The molecular weight excluding hydrogens is 346 g/mol. The van der Waals surface area contributed by atoms with Crippen molar-refractivity contribution in [3.05, 3.63) is 53.1 Å². The SMILES string of the molecule is COc1ccc(CCC(=O)OCC(=O)Nc2cc(C)ccc2C)cc1OC. The van der Waals surface area contributed by atoms with Crippen LogP contribution in [0.5, 0.6) is 11.5 Å². The second-order valence-electron chi connectivity index (χ2n) is 6.22. The predicted molar refractivity (Wildman–Crippen MR) is 103 cm³/mol. The zero-order chi connectivity index (χ0) is 19.8. The van der Waals surface area contributed by atoms with Gasteiger partial charge in [0.1, 0.15) is 0 Å². The molecule has 0 fully saturated rings. The van der Waals surface area contributed by atoms with Crippen LogP contribution in [-0.4, -0.2) is 32.7 Å². The molecule has 0 aromatic heterocycles. The van der Waals surface area contributed by atoms with Crippen LogP contribution < -0.4 is 14.8 Å². The van der Waals surface area contributed by atoms with Crippen molar-refractivity contribution in [3.63, 3.8) is 0 Å². The number of carbonyl (C=O) groups excluding carboxylic acids is 2. The minimum absolute atomic E-state index is 0.173. The Morgan fingerprint density at radius 2 is 1.70 bits per heavy atom. The Morgan fingerprint density at radius 1 is 0.963 bits per heavy atom. The Bertz CT molecular complexity index is 816. The number of carbonyl (C=O) groups is 2. The van der Waals surface area contributed by atoms with Gasteiger partial charge in [0.2, 0.25) is 0 Å². The molecule has 0 aliphatic heterocycles. The number of anilines is 1. The topological polar surface area (TPSA) is 73.9 Å². The molecule has 6 nitrogen and oxygen atoms in total. The Balaban J connectivity index is 1.80. The van der Waals surface area contributed by atoms with Crippen molar-refractivity contribution in [2.24, 2.45) is 0 Å². The standard InChI is InChI=1S/C21H25NO5/c1-14-5-6-15(2)17(11-14)22-20(23)13-27-21(24)10-8-16-7-9-18(25-3)19(12-16)26-4/h5-7,9,11-12H,8,10,13H2,1-4H3,(H,22,23). The first-order chi connectivity index (χ1) is 12.9. The lowest BCUT2D eigenvalue weighted by Gasteiger charge is -2.10. The predicted octanol–water partition coefficient (Wildman–Crippen LogP) is 3.44. The summed E-state index contributed by atoms with van der Waals surface area (Å²) in [6.45, 7) is 3.55. The maximum Gasteiger partial charge on any atom is 0.306 e. The first-order valence-corrected chi connectivity index (χ1v) is 8.66. The zero-order valence-electron chi connectivity index (χ0n) is 16.1. The van der Waals surface area contributed by atoms with Gasteiger partial charge in [-0.25, -0.2) is 0 Å². The van der Waals surface area contributed by atoms with Gasteiger partial charge in [-0.1, -0.05) is 18.2 Å². The monoisotopic (exact) mass is 371 g/mol. The fourth-order valence-corrected chi connectivity index (χ4v) is 2.56. The van der Waals surface area contributed by atoms with Crippen LogP contribution in [0.15, 0.2) is 36.4 Å². The van der Waals surface area contributed by atoms with E-state index < -0.39 is 5.97 Å². The Kier molecular flexibility index (Phi) is 7.23. The molecule has 2 aromatic rings. The molecule has 0 aliphatic rings. The van der Waals surface area contributed by atoms with Gasteiger partial charge in [0, 0.05) is 12.1 Å². The third-order valence-corrected chi connectivity index (χ3v) is 4.10. The van der Waals surface area contributed by atoms with Gasteiger partial charge in [-0.3, -0.25) is 9.59 Å². The van der Waals surface area contributed by atoms with Crippen molar-refractivity contribution in [2.75, 3.05) is 26.1 Å². The Labute approximate surface area is 159 Å². The highest BCUT2D eigenvalue weighted by molar-refractivity contribution is 5.93. The molecular formula is C21H25NO5. The van der Waals surface area contributed by atoms with E-state index in [2.05, 4.69) is 5.32 Å². The van der Waals surface area contributed by atoms with Gasteiger partial charge in [-0.05, 0) is 55.2 Å². The van der Waals surface area contributed by atoms with E-state index in [0.717, 1.165) is 22.4 Å². The van der Waals surface area contributed by atoms with Gasteiger partial charge >= 0.3 is 5.97 Å². The van der Waals surface area contributed by atoms with Crippen LogP contribution in [0.1, 0.15) is 23.1 Å². The largest absolute Gasteiger partial charge is 0.493 e. The molecule has 0 unspecified atom stereocenters.